The SMILES string of the molecule is CCCN(CC(=O)Nc1ccccc1OC)C(=O)CSCc1ccc(C)cc1. The van der Waals surface area contributed by atoms with Gasteiger partial charge in [-0.1, -0.05) is 48.9 Å². The van der Waals surface area contributed by atoms with Gasteiger partial charge in [-0.2, -0.15) is 0 Å². The van der Waals surface area contributed by atoms with Crippen LogP contribution in [0.15, 0.2) is 48.5 Å². The predicted molar refractivity (Wildman–Crippen MR) is 116 cm³/mol. The minimum atomic E-state index is -0.227. The molecule has 6 heteroatoms. The Morgan fingerprint density at radius 1 is 1.11 bits per heavy atom. The first-order valence-corrected chi connectivity index (χ1v) is 10.5. The Hall–Kier alpha value is -2.47. The van der Waals surface area contributed by atoms with Gasteiger partial charge in [-0.15, -0.1) is 11.8 Å². The summed E-state index contributed by atoms with van der Waals surface area (Å²) in [6.07, 6.45) is 0.802. The van der Waals surface area contributed by atoms with Crippen LogP contribution in [0.25, 0.3) is 0 Å². The van der Waals surface area contributed by atoms with E-state index in [0.717, 1.165) is 12.2 Å². The first-order chi connectivity index (χ1) is 13.5. The molecule has 0 bridgehead atoms. The molecular formula is C22H28N2O3S. The molecule has 0 spiro atoms. The molecule has 2 rings (SSSR count). The van der Waals surface area contributed by atoms with Gasteiger partial charge in [0.15, 0.2) is 0 Å². The Kier molecular flexibility index (Phi) is 8.88. The number of amides is 2. The number of aryl methyl sites for hydroxylation is 1. The highest BCUT2D eigenvalue weighted by atomic mass is 32.2. The van der Waals surface area contributed by atoms with Crippen LogP contribution in [0, 0.1) is 6.92 Å². The molecule has 28 heavy (non-hydrogen) atoms. The normalized spacial score (nSPS) is 10.4. The molecule has 2 amide bonds. The van der Waals surface area contributed by atoms with Crippen molar-refractivity contribution in [2.24, 2.45) is 0 Å². The van der Waals surface area contributed by atoms with Gasteiger partial charge in [0.05, 0.1) is 25.1 Å². The monoisotopic (exact) mass is 400 g/mol. The second-order valence-electron chi connectivity index (χ2n) is 6.54. The highest BCUT2D eigenvalue weighted by Crippen LogP contribution is 2.23. The molecule has 0 atom stereocenters. The van der Waals surface area contributed by atoms with E-state index >= 15 is 0 Å². The summed E-state index contributed by atoms with van der Waals surface area (Å²) in [6, 6.07) is 15.5. The zero-order chi connectivity index (χ0) is 20.4. The number of benzene rings is 2. The van der Waals surface area contributed by atoms with Crippen LogP contribution < -0.4 is 10.1 Å². The molecular weight excluding hydrogens is 372 g/mol. The van der Waals surface area contributed by atoms with E-state index in [1.54, 1.807) is 35.9 Å². The van der Waals surface area contributed by atoms with Crippen LogP contribution in [0.2, 0.25) is 0 Å². The maximum absolute atomic E-state index is 12.6. The topological polar surface area (TPSA) is 58.6 Å². The van der Waals surface area contributed by atoms with Gasteiger partial charge >= 0.3 is 0 Å². The van der Waals surface area contributed by atoms with Crippen LogP contribution in [-0.4, -0.2) is 42.7 Å². The van der Waals surface area contributed by atoms with E-state index in [9.17, 15) is 9.59 Å². The minimum absolute atomic E-state index is 0.0193. The van der Waals surface area contributed by atoms with E-state index in [1.807, 2.05) is 19.1 Å². The highest BCUT2D eigenvalue weighted by Gasteiger charge is 2.17. The number of para-hydroxylation sites is 2. The van der Waals surface area contributed by atoms with Gasteiger partial charge in [0.25, 0.3) is 0 Å². The lowest BCUT2D eigenvalue weighted by molar-refractivity contribution is -0.132. The number of ether oxygens (including phenoxy) is 1. The summed E-state index contributed by atoms with van der Waals surface area (Å²) in [5.74, 6) is 1.48. The molecule has 2 aromatic carbocycles. The second kappa shape index (κ2) is 11.4. The highest BCUT2D eigenvalue weighted by molar-refractivity contribution is 7.99. The van der Waals surface area contributed by atoms with Gasteiger partial charge in [-0.25, -0.2) is 0 Å². The third-order valence-electron chi connectivity index (χ3n) is 4.18. The van der Waals surface area contributed by atoms with E-state index in [0.29, 0.717) is 23.7 Å². The molecule has 0 unspecified atom stereocenters. The molecule has 0 aromatic heterocycles. The van der Waals surface area contributed by atoms with E-state index < -0.39 is 0 Å². The molecule has 5 nitrogen and oxygen atoms in total. The summed E-state index contributed by atoms with van der Waals surface area (Å²) in [5.41, 5.74) is 3.02. The van der Waals surface area contributed by atoms with E-state index in [1.165, 1.54) is 11.1 Å². The van der Waals surface area contributed by atoms with Crippen molar-refractivity contribution in [2.75, 3.05) is 31.3 Å². The Morgan fingerprint density at radius 2 is 1.82 bits per heavy atom. The average molecular weight is 401 g/mol. The number of hydrogen-bond donors (Lipinski definition) is 1. The first-order valence-electron chi connectivity index (χ1n) is 9.37. The predicted octanol–water partition coefficient (Wildman–Crippen LogP) is 4.11. The van der Waals surface area contributed by atoms with Gasteiger partial charge in [0.2, 0.25) is 11.8 Å². The summed E-state index contributed by atoms with van der Waals surface area (Å²) in [6.45, 7) is 4.65. The average Bonchev–Trinajstić information content (AvgIpc) is 2.69. The summed E-state index contributed by atoms with van der Waals surface area (Å²) in [4.78, 5) is 26.6. The van der Waals surface area contributed by atoms with Crippen molar-refractivity contribution in [3.8, 4) is 5.75 Å². The lowest BCUT2D eigenvalue weighted by Crippen LogP contribution is -2.39. The van der Waals surface area contributed by atoms with E-state index in [4.69, 9.17) is 4.74 Å². The van der Waals surface area contributed by atoms with Crippen LogP contribution in [0.4, 0.5) is 5.69 Å². The molecule has 150 valence electrons. The smallest absolute Gasteiger partial charge is 0.244 e. The third-order valence-corrected chi connectivity index (χ3v) is 5.17. The van der Waals surface area contributed by atoms with Crippen molar-refractivity contribution >= 4 is 29.3 Å². The number of nitrogens with one attached hydrogen (secondary N) is 1. The first kappa shape index (κ1) is 21.8. The molecule has 0 fully saturated rings. The van der Waals surface area contributed by atoms with Gasteiger partial charge in [0, 0.05) is 12.3 Å². The summed E-state index contributed by atoms with van der Waals surface area (Å²) in [7, 11) is 1.56. The molecule has 0 saturated carbocycles. The molecule has 1 N–H and O–H groups in total. The molecule has 0 saturated heterocycles. The Labute approximate surface area is 171 Å². The van der Waals surface area contributed by atoms with Gasteiger partial charge in [-0.3, -0.25) is 9.59 Å². The fourth-order valence-corrected chi connectivity index (χ4v) is 3.59. The number of thioether (sulfide) groups is 1. The Bertz CT molecular complexity index is 778. The fraction of sp³-hybridized carbons (Fsp3) is 0.364. The number of carbonyl (C=O) groups is 2. The summed E-state index contributed by atoms with van der Waals surface area (Å²) >= 11 is 1.57. The van der Waals surface area contributed by atoms with Crippen LogP contribution in [-0.2, 0) is 15.3 Å². The lowest BCUT2D eigenvalue weighted by Gasteiger charge is -2.22. The lowest BCUT2D eigenvalue weighted by atomic mass is 10.2. The van der Waals surface area contributed by atoms with Crippen molar-refractivity contribution in [1.29, 1.82) is 0 Å². The van der Waals surface area contributed by atoms with E-state index in [-0.39, 0.29) is 18.4 Å². The number of hydrogen-bond acceptors (Lipinski definition) is 4. The van der Waals surface area contributed by atoms with Crippen LogP contribution in [0.3, 0.4) is 0 Å². The number of anilines is 1. The number of methoxy groups -OCH3 is 1. The number of rotatable bonds is 10. The maximum Gasteiger partial charge on any atom is 0.244 e. The van der Waals surface area contributed by atoms with Crippen molar-refractivity contribution in [1.82, 2.24) is 4.90 Å². The largest absolute Gasteiger partial charge is 0.495 e. The molecule has 0 heterocycles. The zero-order valence-corrected chi connectivity index (χ0v) is 17.6. The number of carbonyl (C=O) groups excluding carboxylic acids is 2. The molecule has 0 aliphatic rings. The van der Waals surface area contributed by atoms with Gasteiger partial charge < -0.3 is 15.0 Å². The summed E-state index contributed by atoms with van der Waals surface area (Å²) in [5, 5.41) is 2.83. The van der Waals surface area contributed by atoms with Crippen molar-refractivity contribution in [3.05, 3.63) is 59.7 Å². The quantitative estimate of drug-likeness (QED) is 0.652. The zero-order valence-electron chi connectivity index (χ0n) is 16.7. The van der Waals surface area contributed by atoms with Gasteiger partial charge in [-0.05, 0) is 31.0 Å². The van der Waals surface area contributed by atoms with Crippen LogP contribution >= 0.6 is 11.8 Å². The maximum atomic E-state index is 12.6. The van der Waals surface area contributed by atoms with Crippen LogP contribution in [0.1, 0.15) is 24.5 Å². The fourth-order valence-electron chi connectivity index (χ4n) is 2.70. The third kappa shape index (κ3) is 6.93. The second-order valence-corrected chi connectivity index (χ2v) is 7.53. The molecule has 0 aliphatic carbocycles. The van der Waals surface area contributed by atoms with E-state index in [2.05, 4.69) is 36.5 Å². The van der Waals surface area contributed by atoms with Crippen molar-refractivity contribution in [2.45, 2.75) is 26.0 Å². The van der Waals surface area contributed by atoms with Gasteiger partial charge in [0.1, 0.15) is 5.75 Å². The van der Waals surface area contributed by atoms with Crippen LogP contribution in [0.5, 0.6) is 5.75 Å². The molecule has 0 aliphatic heterocycles. The summed E-state index contributed by atoms with van der Waals surface area (Å²) < 4.78 is 5.25. The molecule has 2 aromatic rings. The molecule has 0 radical (unpaired) electrons. The minimum Gasteiger partial charge on any atom is -0.495 e. The van der Waals surface area contributed by atoms with Crippen molar-refractivity contribution < 1.29 is 14.3 Å². The Balaban J connectivity index is 1.87. The number of nitrogens with zero attached hydrogens (tertiary/aromatic N) is 1. The van der Waals surface area contributed by atoms with Crippen molar-refractivity contribution in [3.63, 3.8) is 0 Å². The standard InChI is InChI=1S/C22H28N2O3S/c1-4-13-24(14-21(25)23-19-7-5-6-8-20(19)27-3)22(26)16-28-15-18-11-9-17(2)10-12-18/h5-12H,4,13-16H2,1-3H3,(H,23,25). The Morgan fingerprint density at radius 3 is 2.50 bits per heavy atom.